The van der Waals surface area contributed by atoms with Crippen molar-refractivity contribution in [2.75, 3.05) is 0 Å². The van der Waals surface area contributed by atoms with Crippen molar-refractivity contribution in [3.05, 3.63) is 82.4 Å². The third-order valence-electron chi connectivity index (χ3n) is 16.5. The van der Waals surface area contributed by atoms with Crippen LogP contribution in [0.2, 0.25) is 0 Å². The Kier molecular flexibility index (Phi) is 23.4. The van der Waals surface area contributed by atoms with Gasteiger partial charge in [0.15, 0.2) is 11.6 Å². The third kappa shape index (κ3) is 16.5. The number of carbonyl (C=O) groups is 4. The number of hydrogen-bond donors (Lipinski definition) is 5. The number of carbonyl (C=O) groups excluding carboxylic acids is 3. The number of nitrogens with two attached hydrogens (primary N) is 1. The number of aliphatic imine (C=N–C) groups is 2. The Morgan fingerprint density at radius 1 is 0.662 bits per heavy atom. The molecule has 2 fully saturated rings. The summed E-state index contributed by atoms with van der Waals surface area (Å²) in [6.07, 6.45) is 15.2. The normalized spacial score (nSPS) is 21.8. The molecule has 4 heterocycles. The minimum Gasteiger partial charge on any atom is -0.478 e. The van der Waals surface area contributed by atoms with E-state index in [9.17, 15) is 24.3 Å². The molecule has 440 valence electrons. The van der Waals surface area contributed by atoms with Gasteiger partial charge in [0, 0.05) is 5.56 Å². The summed E-state index contributed by atoms with van der Waals surface area (Å²) < 4.78 is 0. The number of halogens is 1. The average Bonchev–Trinajstić information content (AvgIpc) is 4.40. The summed E-state index contributed by atoms with van der Waals surface area (Å²) in [5.41, 5.74) is 9.05. The first kappa shape index (κ1) is 65.1. The smallest absolute Gasteiger partial charge is 0.335 e. The predicted octanol–water partition coefficient (Wildman–Crippen LogP) is 11.7. The molecule has 2 aromatic heterocycles. The van der Waals surface area contributed by atoms with E-state index in [2.05, 4.69) is 139 Å². The van der Waals surface area contributed by atoms with Crippen LogP contribution in [0.25, 0.3) is 0 Å². The molecule has 0 unspecified atom stereocenters. The maximum Gasteiger partial charge on any atom is 0.335 e. The fourth-order valence-electron chi connectivity index (χ4n) is 12.0. The highest BCUT2D eigenvalue weighted by molar-refractivity contribution is 8.93. The van der Waals surface area contributed by atoms with Crippen molar-refractivity contribution in [1.82, 2.24) is 56.4 Å². The molecule has 2 saturated carbocycles. The number of unbranched alkanes of at least 4 members (excludes halogenated alkanes) is 2. The number of H-pyrrole nitrogens is 2. The van der Waals surface area contributed by atoms with E-state index in [-0.39, 0.29) is 69.7 Å². The SMILES string of the molecule is Br.CCCC[C@H](c1ccc(C(=O)NCc2nn[nH]n2)cc1)N1C(=O)C(CC(C)C)=NC12CCC(C(C)(C)C)CC2.CCCC[C@H](c1ccc(C(=O)O)cc1)N1C(=O)C(CC(C)C)=NC12CCC(C(C)(C)C)CC2.NCc1nn[nH]n1. The standard InChI is InChI=1S/C30H45N7O2.C28H42N2O3.C2H5N5.BrH/c1-7-8-9-25(21-10-12-22(13-11-21)27(38)31-19-26-33-35-36-34-26)37-28(39)24(18-20(2)3)32-30(37)16-14-23(15-17-30)29(4,5)6;1-7-8-9-24(20-10-12-21(13-11-20)26(32)33)30-25(31)23(18-19(2)3)29-28(30)16-14-22(15-17-28)27(4,5)6;3-1-2-4-6-7-5-2;/h10-13,20,23,25H,7-9,14-19H2,1-6H3,(H,31,38)(H,33,34,35,36);10-13,19,22,24H,7-9,14-18H2,1-6H3,(H,32,33);1,3H2,(H,4,5,6,7);1H/t23?,25-,30?;22?,24-,28?;;/m11../s1. The van der Waals surface area contributed by atoms with E-state index in [1.807, 2.05) is 36.4 Å². The van der Waals surface area contributed by atoms with Gasteiger partial charge in [0.05, 0.1) is 30.7 Å². The van der Waals surface area contributed by atoms with Crippen LogP contribution in [-0.2, 0) is 22.7 Å². The lowest BCUT2D eigenvalue weighted by atomic mass is 9.69. The highest BCUT2D eigenvalue weighted by Gasteiger charge is 2.54. The molecule has 19 nitrogen and oxygen atoms in total. The zero-order valence-corrected chi connectivity index (χ0v) is 51.6. The molecule has 2 aromatic carbocycles. The first-order valence-corrected chi connectivity index (χ1v) is 29.2. The fourth-order valence-corrected chi connectivity index (χ4v) is 12.0. The topological polar surface area (TPSA) is 267 Å². The number of aromatic carboxylic acids is 1. The van der Waals surface area contributed by atoms with Crippen molar-refractivity contribution in [3.63, 3.8) is 0 Å². The summed E-state index contributed by atoms with van der Waals surface area (Å²) >= 11 is 0. The van der Waals surface area contributed by atoms with Crippen LogP contribution in [-0.4, -0.2) is 103 Å². The molecule has 80 heavy (non-hydrogen) atoms. The van der Waals surface area contributed by atoms with Crippen molar-refractivity contribution in [3.8, 4) is 0 Å². The molecular weight excluding hydrogens is 1080 g/mol. The third-order valence-corrected chi connectivity index (χ3v) is 16.5. The second-order valence-corrected chi connectivity index (χ2v) is 25.3. The minimum atomic E-state index is -0.927. The van der Waals surface area contributed by atoms with Crippen LogP contribution >= 0.6 is 17.0 Å². The molecule has 6 N–H and O–H groups in total. The molecule has 2 spiro atoms. The molecule has 8 rings (SSSR count). The zero-order valence-electron chi connectivity index (χ0n) is 49.8. The van der Waals surface area contributed by atoms with Crippen molar-refractivity contribution >= 4 is 52.1 Å². The monoisotopic (exact) mass is 1170 g/mol. The lowest BCUT2D eigenvalue weighted by molar-refractivity contribution is -0.134. The number of carboxylic acid groups (broad SMARTS) is 1. The van der Waals surface area contributed by atoms with Crippen LogP contribution < -0.4 is 11.1 Å². The van der Waals surface area contributed by atoms with Crippen molar-refractivity contribution in [2.45, 2.75) is 222 Å². The molecule has 0 radical (unpaired) electrons. The van der Waals surface area contributed by atoms with Crippen LogP contribution in [0, 0.1) is 34.5 Å². The lowest BCUT2D eigenvalue weighted by Gasteiger charge is -2.47. The van der Waals surface area contributed by atoms with Gasteiger partial charge in [-0.1, -0.05) is 143 Å². The van der Waals surface area contributed by atoms with E-state index < -0.39 is 17.3 Å². The van der Waals surface area contributed by atoms with Crippen LogP contribution in [0.15, 0.2) is 58.5 Å². The Hall–Kier alpha value is -5.76. The van der Waals surface area contributed by atoms with Crippen LogP contribution in [0.3, 0.4) is 0 Å². The Morgan fingerprint density at radius 2 is 1.05 bits per heavy atom. The Morgan fingerprint density at radius 3 is 1.36 bits per heavy atom. The number of tetrazole rings is 2. The van der Waals surface area contributed by atoms with Gasteiger partial charge in [-0.25, -0.2) is 4.79 Å². The van der Waals surface area contributed by atoms with Gasteiger partial charge in [-0.05, 0) is 147 Å². The quantitative estimate of drug-likeness (QED) is 0.0587. The predicted molar refractivity (Wildman–Crippen MR) is 318 cm³/mol. The molecule has 3 amide bonds. The second kappa shape index (κ2) is 28.8. The number of benzene rings is 2. The van der Waals surface area contributed by atoms with Crippen molar-refractivity contribution in [2.24, 2.45) is 50.2 Å². The van der Waals surface area contributed by atoms with Gasteiger partial charge >= 0.3 is 5.97 Å². The number of rotatable bonds is 19. The van der Waals surface area contributed by atoms with E-state index in [1.54, 1.807) is 12.1 Å². The van der Waals surface area contributed by atoms with Gasteiger partial charge in [0.25, 0.3) is 17.7 Å². The van der Waals surface area contributed by atoms with E-state index in [0.29, 0.717) is 60.3 Å². The average molecular weight is 1170 g/mol. The Labute approximate surface area is 485 Å². The summed E-state index contributed by atoms with van der Waals surface area (Å²) in [4.78, 5) is 66.7. The maximum absolute atomic E-state index is 14.1. The van der Waals surface area contributed by atoms with Gasteiger partial charge in [-0.15, -0.1) is 37.4 Å². The van der Waals surface area contributed by atoms with E-state index in [0.717, 1.165) is 112 Å². The van der Waals surface area contributed by atoms with Crippen molar-refractivity contribution < 1.29 is 24.3 Å². The molecule has 2 aliphatic carbocycles. The number of nitrogens with zero attached hydrogens (tertiary/aromatic N) is 10. The molecular formula is C60H93BrN14O5. The van der Waals surface area contributed by atoms with Gasteiger partial charge in [0.1, 0.15) is 22.7 Å². The molecule has 2 atom stereocenters. The second-order valence-electron chi connectivity index (χ2n) is 25.3. The summed E-state index contributed by atoms with van der Waals surface area (Å²) in [6.45, 7) is 27.4. The lowest BCUT2D eigenvalue weighted by Crippen LogP contribution is -2.51. The van der Waals surface area contributed by atoms with Gasteiger partial charge < -0.3 is 26.0 Å². The Balaban J connectivity index is 0.000000261. The maximum atomic E-state index is 14.1. The number of aromatic amines is 2. The largest absolute Gasteiger partial charge is 0.478 e. The van der Waals surface area contributed by atoms with Crippen LogP contribution in [0.4, 0.5) is 0 Å². The van der Waals surface area contributed by atoms with Crippen LogP contribution in [0.5, 0.6) is 0 Å². The molecule has 0 bridgehead atoms. The minimum absolute atomic E-state index is 0. The highest BCUT2D eigenvalue weighted by atomic mass is 79.9. The van der Waals surface area contributed by atoms with Gasteiger partial charge in [-0.2, -0.15) is 10.4 Å². The molecule has 4 aromatic rings. The first-order chi connectivity index (χ1) is 37.4. The highest BCUT2D eigenvalue weighted by Crippen LogP contribution is 2.52. The molecule has 4 aliphatic rings. The zero-order chi connectivity index (χ0) is 57.7. The Bertz CT molecular complexity index is 2640. The summed E-state index contributed by atoms with van der Waals surface area (Å²) in [5.74, 6) is 2.03. The van der Waals surface area contributed by atoms with E-state index in [1.165, 1.54) is 0 Å². The van der Waals surface area contributed by atoms with E-state index in [4.69, 9.17) is 15.7 Å². The fraction of sp³-hybridized carbons (Fsp3) is 0.667. The number of carboxylic acids is 1. The summed E-state index contributed by atoms with van der Waals surface area (Å²) in [5, 5.41) is 38.5. The number of amides is 3. The summed E-state index contributed by atoms with van der Waals surface area (Å²) in [6, 6.07) is 14.7. The van der Waals surface area contributed by atoms with Crippen LogP contribution in [0.1, 0.15) is 241 Å². The van der Waals surface area contributed by atoms with Crippen molar-refractivity contribution in [1.29, 1.82) is 0 Å². The van der Waals surface area contributed by atoms with Gasteiger partial charge in [-0.3, -0.25) is 24.4 Å². The number of hydrogen-bond acceptors (Lipinski definition) is 13. The molecule has 2 aliphatic heterocycles. The first-order valence-electron chi connectivity index (χ1n) is 29.2. The number of nitrogens with one attached hydrogen (secondary N) is 3. The van der Waals surface area contributed by atoms with E-state index >= 15 is 0 Å². The molecule has 0 saturated heterocycles. The van der Waals surface area contributed by atoms with Gasteiger partial charge in [0.2, 0.25) is 0 Å². The molecule has 20 heteroatoms. The number of aromatic nitrogens is 8. The summed E-state index contributed by atoms with van der Waals surface area (Å²) in [7, 11) is 0.